The molecular weight excluding hydrogens is 339 g/mol. The quantitative estimate of drug-likeness (QED) is 0.707. The third-order valence-corrected chi connectivity index (χ3v) is 3.34. The molecule has 2 N–H and O–H groups in total. The minimum atomic E-state index is -0.434. The number of amides is 2. The third-order valence-electron chi connectivity index (χ3n) is 3.34. The molecule has 132 valence electrons. The first-order chi connectivity index (χ1) is 12.6. The molecule has 26 heavy (non-hydrogen) atoms. The molecule has 0 aliphatic heterocycles. The molecule has 0 fully saturated rings. The lowest BCUT2D eigenvalue weighted by molar-refractivity contribution is -0.118. The fourth-order valence-corrected chi connectivity index (χ4v) is 2.15. The van der Waals surface area contributed by atoms with Crippen molar-refractivity contribution in [1.82, 2.24) is 0 Å². The molecule has 0 atom stereocenters. The van der Waals surface area contributed by atoms with E-state index in [1.54, 1.807) is 42.5 Å². The van der Waals surface area contributed by atoms with Crippen LogP contribution in [0.1, 0.15) is 10.6 Å². The Hall–Kier alpha value is -3.61. The van der Waals surface area contributed by atoms with Crippen LogP contribution in [0.3, 0.4) is 0 Å². The number of furan rings is 1. The van der Waals surface area contributed by atoms with Crippen molar-refractivity contribution in [2.24, 2.45) is 0 Å². The second-order valence-electron chi connectivity index (χ2n) is 5.30. The van der Waals surface area contributed by atoms with Crippen molar-refractivity contribution in [2.75, 3.05) is 17.2 Å². The summed E-state index contributed by atoms with van der Waals surface area (Å²) in [5.41, 5.74) is 0.914. The molecule has 0 bridgehead atoms. The summed E-state index contributed by atoms with van der Waals surface area (Å²) < 4.78 is 23.4. The van der Waals surface area contributed by atoms with Crippen molar-refractivity contribution in [3.05, 3.63) is 78.5 Å². The normalized spacial score (nSPS) is 10.2. The molecule has 0 radical (unpaired) electrons. The van der Waals surface area contributed by atoms with Crippen LogP contribution in [-0.4, -0.2) is 18.4 Å². The Bertz CT molecular complexity index is 892. The third kappa shape index (κ3) is 4.70. The van der Waals surface area contributed by atoms with Crippen molar-refractivity contribution in [2.45, 2.75) is 0 Å². The average Bonchev–Trinajstić information content (AvgIpc) is 3.16. The molecule has 3 aromatic rings. The van der Waals surface area contributed by atoms with Gasteiger partial charge in [-0.3, -0.25) is 9.59 Å². The van der Waals surface area contributed by atoms with Crippen LogP contribution in [0.2, 0.25) is 0 Å². The maximum atomic E-state index is 13.1. The Kier molecular flexibility index (Phi) is 5.28. The first-order valence-corrected chi connectivity index (χ1v) is 7.73. The number of rotatable bonds is 6. The van der Waals surface area contributed by atoms with E-state index >= 15 is 0 Å². The van der Waals surface area contributed by atoms with E-state index in [0.717, 1.165) is 0 Å². The van der Waals surface area contributed by atoms with Gasteiger partial charge in [-0.2, -0.15) is 0 Å². The minimum absolute atomic E-state index is 0.208. The van der Waals surface area contributed by atoms with Gasteiger partial charge >= 0.3 is 0 Å². The van der Waals surface area contributed by atoms with Crippen LogP contribution in [0.25, 0.3) is 0 Å². The first kappa shape index (κ1) is 17.2. The Balaban J connectivity index is 1.49. The molecular formula is C19H15FN2O4. The monoisotopic (exact) mass is 354 g/mol. The number of carbonyl (C=O) groups is 2. The van der Waals surface area contributed by atoms with E-state index in [-0.39, 0.29) is 18.3 Å². The molecule has 0 aliphatic rings. The zero-order chi connectivity index (χ0) is 18.4. The molecule has 6 nitrogen and oxygen atoms in total. The molecule has 0 spiro atoms. The molecule has 0 aliphatic carbocycles. The number of hydrogen-bond acceptors (Lipinski definition) is 4. The van der Waals surface area contributed by atoms with Crippen LogP contribution in [0.15, 0.2) is 71.3 Å². The summed E-state index contributed by atoms with van der Waals surface area (Å²) in [6.07, 6.45) is 1.42. The van der Waals surface area contributed by atoms with Crippen molar-refractivity contribution in [1.29, 1.82) is 0 Å². The lowest BCUT2D eigenvalue weighted by atomic mass is 10.3. The van der Waals surface area contributed by atoms with Gasteiger partial charge in [-0.15, -0.1) is 0 Å². The van der Waals surface area contributed by atoms with E-state index < -0.39 is 11.7 Å². The molecule has 0 unspecified atom stereocenters. The highest BCUT2D eigenvalue weighted by molar-refractivity contribution is 6.02. The summed E-state index contributed by atoms with van der Waals surface area (Å²) in [5.74, 6) is -0.547. The van der Waals surface area contributed by atoms with Gasteiger partial charge in [-0.1, -0.05) is 6.07 Å². The van der Waals surface area contributed by atoms with Crippen LogP contribution in [-0.2, 0) is 4.79 Å². The SMILES string of the molecule is O=C(COc1ccc(NC(=O)c2ccco2)cc1)Nc1cccc(F)c1. The van der Waals surface area contributed by atoms with Crippen molar-refractivity contribution < 1.29 is 23.1 Å². The van der Waals surface area contributed by atoms with Gasteiger partial charge in [0.25, 0.3) is 11.8 Å². The van der Waals surface area contributed by atoms with Gasteiger partial charge in [-0.25, -0.2) is 4.39 Å². The van der Waals surface area contributed by atoms with Gasteiger partial charge in [0.15, 0.2) is 12.4 Å². The topological polar surface area (TPSA) is 80.6 Å². The fourth-order valence-electron chi connectivity index (χ4n) is 2.15. The summed E-state index contributed by atoms with van der Waals surface area (Å²) >= 11 is 0. The molecule has 0 saturated heterocycles. The predicted octanol–water partition coefficient (Wildman–Crippen LogP) is 3.69. The van der Waals surface area contributed by atoms with Crippen LogP contribution in [0.4, 0.5) is 15.8 Å². The lowest BCUT2D eigenvalue weighted by Crippen LogP contribution is -2.20. The van der Waals surface area contributed by atoms with E-state index in [1.165, 1.54) is 24.5 Å². The fraction of sp³-hybridized carbons (Fsp3) is 0.0526. The molecule has 0 saturated carbocycles. The van der Waals surface area contributed by atoms with Gasteiger partial charge in [0.05, 0.1) is 6.26 Å². The Morgan fingerprint density at radius 1 is 0.962 bits per heavy atom. The number of nitrogens with one attached hydrogen (secondary N) is 2. The van der Waals surface area contributed by atoms with Gasteiger partial charge in [0.1, 0.15) is 11.6 Å². The highest BCUT2D eigenvalue weighted by Gasteiger charge is 2.09. The second-order valence-corrected chi connectivity index (χ2v) is 5.30. The summed E-state index contributed by atoms with van der Waals surface area (Å²) in [5, 5.41) is 5.21. The van der Waals surface area contributed by atoms with Crippen LogP contribution in [0.5, 0.6) is 5.75 Å². The maximum Gasteiger partial charge on any atom is 0.291 e. The molecule has 1 aromatic heterocycles. The summed E-state index contributed by atoms with van der Waals surface area (Å²) in [4.78, 5) is 23.7. The summed E-state index contributed by atoms with van der Waals surface area (Å²) in [6.45, 7) is -0.228. The van der Waals surface area contributed by atoms with Gasteiger partial charge in [-0.05, 0) is 54.6 Å². The highest BCUT2D eigenvalue weighted by Crippen LogP contribution is 2.17. The first-order valence-electron chi connectivity index (χ1n) is 7.73. The molecule has 7 heteroatoms. The standard InChI is InChI=1S/C19H15FN2O4/c20-13-3-1-4-15(11-13)21-18(23)12-26-16-8-6-14(7-9-16)22-19(24)17-5-2-10-25-17/h1-11H,12H2,(H,21,23)(H,22,24). The van der Waals surface area contributed by atoms with E-state index in [4.69, 9.17) is 9.15 Å². The minimum Gasteiger partial charge on any atom is -0.484 e. The van der Waals surface area contributed by atoms with Crippen LogP contribution in [0, 0.1) is 5.82 Å². The predicted molar refractivity (Wildman–Crippen MR) is 93.6 cm³/mol. The largest absolute Gasteiger partial charge is 0.484 e. The molecule has 3 rings (SSSR count). The van der Waals surface area contributed by atoms with E-state index in [9.17, 15) is 14.0 Å². The van der Waals surface area contributed by atoms with Gasteiger partial charge in [0.2, 0.25) is 0 Å². The Morgan fingerprint density at radius 3 is 2.46 bits per heavy atom. The molecule has 1 heterocycles. The zero-order valence-corrected chi connectivity index (χ0v) is 13.6. The molecule has 2 aromatic carbocycles. The average molecular weight is 354 g/mol. The van der Waals surface area contributed by atoms with Crippen LogP contribution >= 0.6 is 0 Å². The summed E-state index contributed by atoms with van der Waals surface area (Å²) in [6, 6.07) is 15.3. The number of benzene rings is 2. The number of carbonyl (C=O) groups excluding carboxylic acids is 2. The van der Waals surface area contributed by atoms with Gasteiger partial charge < -0.3 is 19.8 Å². The summed E-state index contributed by atoms with van der Waals surface area (Å²) in [7, 11) is 0. The smallest absolute Gasteiger partial charge is 0.291 e. The number of ether oxygens (including phenoxy) is 1. The van der Waals surface area contributed by atoms with Crippen LogP contribution < -0.4 is 15.4 Å². The van der Waals surface area contributed by atoms with Crippen molar-refractivity contribution in [3.63, 3.8) is 0 Å². The maximum absolute atomic E-state index is 13.1. The molecule has 2 amide bonds. The number of halogens is 1. The van der Waals surface area contributed by atoms with Gasteiger partial charge in [0, 0.05) is 11.4 Å². The van der Waals surface area contributed by atoms with E-state index in [1.807, 2.05) is 0 Å². The van der Waals surface area contributed by atoms with Crippen molar-refractivity contribution >= 4 is 23.2 Å². The Labute approximate surface area is 148 Å². The number of hydrogen-bond donors (Lipinski definition) is 2. The number of anilines is 2. The zero-order valence-electron chi connectivity index (χ0n) is 13.6. The highest BCUT2D eigenvalue weighted by atomic mass is 19.1. The van der Waals surface area contributed by atoms with E-state index in [2.05, 4.69) is 10.6 Å². The van der Waals surface area contributed by atoms with Crippen molar-refractivity contribution in [3.8, 4) is 5.75 Å². The Morgan fingerprint density at radius 2 is 1.77 bits per heavy atom. The second kappa shape index (κ2) is 7.98. The lowest BCUT2D eigenvalue weighted by Gasteiger charge is -2.09. The van der Waals surface area contributed by atoms with E-state index in [0.29, 0.717) is 17.1 Å².